The Morgan fingerprint density at radius 1 is 1.18 bits per heavy atom. The van der Waals surface area contributed by atoms with E-state index in [1.807, 2.05) is 39.8 Å². The molecule has 4 atom stereocenters. The van der Waals surface area contributed by atoms with Crippen LogP contribution in [0.15, 0.2) is 60.2 Å². The summed E-state index contributed by atoms with van der Waals surface area (Å²) in [5.41, 5.74) is 1.40. The van der Waals surface area contributed by atoms with Crippen molar-refractivity contribution in [3.8, 4) is 22.9 Å². The minimum atomic E-state index is -1.51. The SMILES string of the molecule is COc1cc(C(=O)N[C@H](C)I)ccc1NC(=O)[C@@H]1C/C(=C\C(C)(C)C)[C@]2(C#N)c3c(ccc(Cl)c3F)-c3c(Cl)cccc3[C@@H]12. The van der Waals surface area contributed by atoms with Crippen LogP contribution in [0.4, 0.5) is 10.1 Å². The molecule has 6 nitrogen and oxygen atoms in total. The minimum absolute atomic E-state index is 0.0830. The monoisotopic (exact) mass is 745 g/mol. The van der Waals surface area contributed by atoms with E-state index in [1.54, 1.807) is 36.4 Å². The fourth-order valence-corrected chi connectivity index (χ4v) is 7.30. The highest BCUT2D eigenvalue weighted by molar-refractivity contribution is 14.1. The van der Waals surface area contributed by atoms with Crippen LogP contribution < -0.4 is 15.4 Å². The summed E-state index contributed by atoms with van der Waals surface area (Å²) in [6.07, 6.45) is 2.17. The predicted octanol–water partition coefficient (Wildman–Crippen LogP) is 8.81. The normalized spacial score (nSPS) is 21.9. The number of nitrogens with one attached hydrogen (secondary N) is 2. The van der Waals surface area contributed by atoms with E-state index in [2.05, 4.69) is 39.3 Å². The third-order valence-electron chi connectivity index (χ3n) is 8.13. The Morgan fingerprint density at radius 3 is 2.55 bits per heavy atom. The summed E-state index contributed by atoms with van der Waals surface area (Å²) in [5, 5.41) is 17.2. The number of halogens is 4. The van der Waals surface area contributed by atoms with Gasteiger partial charge in [-0.2, -0.15) is 5.26 Å². The molecule has 0 unspecified atom stereocenters. The smallest absolute Gasteiger partial charge is 0.252 e. The molecular formula is C34H31Cl2FIN3O3. The standard InChI is InChI=1S/C34H31Cl2FIN3O3/c1-17(38)40-31(42)18-9-12-25(26(13-18)44-5)41-32(43)22-14-19(15-33(2,3)4)34(16-39)28(22)20-7-6-8-23(35)27(20)21-10-11-24(36)30(37)29(21)34/h6-13,15,17,22,28H,14H2,1-5H3,(H,40,42)(H,41,43)/b19-15+/t17-,22-,28+,34+/m1/s1. The number of carbonyl (C=O) groups is 2. The van der Waals surface area contributed by atoms with Gasteiger partial charge in [0.15, 0.2) is 0 Å². The molecule has 0 aliphatic heterocycles. The number of allylic oxidation sites excluding steroid dienone is 2. The average molecular weight is 746 g/mol. The number of hydrogen-bond acceptors (Lipinski definition) is 4. The van der Waals surface area contributed by atoms with Gasteiger partial charge in [0, 0.05) is 27.6 Å². The molecule has 2 aliphatic rings. The van der Waals surface area contributed by atoms with Gasteiger partial charge in [-0.1, -0.05) is 90.8 Å². The number of carbonyl (C=O) groups excluding carboxylic acids is 2. The van der Waals surface area contributed by atoms with Crippen molar-refractivity contribution in [2.24, 2.45) is 11.3 Å². The van der Waals surface area contributed by atoms with Crippen molar-refractivity contribution in [2.45, 2.75) is 49.5 Å². The number of anilines is 1. The van der Waals surface area contributed by atoms with Crippen LogP contribution in [-0.2, 0) is 10.2 Å². The van der Waals surface area contributed by atoms with Crippen LogP contribution in [-0.4, -0.2) is 23.0 Å². The lowest BCUT2D eigenvalue weighted by Gasteiger charge is -2.40. The van der Waals surface area contributed by atoms with Crippen LogP contribution in [0.3, 0.4) is 0 Å². The molecule has 0 bridgehead atoms. The second-order valence-corrected chi connectivity index (χ2v) is 14.9. The Bertz CT molecular complexity index is 1760. The van der Waals surface area contributed by atoms with Gasteiger partial charge in [-0.25, -0.2) is 4.39 Å². The van der Waals surface area contributed by atoms with E-state index in [9.17, 15) is 14.9 Å². The van der Waals surface area contributed by atoms with Gasteiger partial charge in [-0.05, 0) is 65.8 Å². The summed E-state index contributed by atoms with van der Waals surface area (Å²) in [6.45, 7) is 7.84. The molecular weight excluding hydrogens is 715 g/mol. The Hall–Kier alpha value is -3.13. The maximum Gasteiger partial charge on any atom is 0.252 e. The van der Waals surface area contributed by atoms with Crippen LogP contribution >= 0.6 is 45.8 Å². The molecule has 3 aromatic carbocycles. The highest BCUT2D eigenvalue weighted by Gasteiger charge is 2.61. The lowest BCUT2D eigenvalue weighted by Crippen LogP contribution is -2.39. The van der Waals surface area contributed by atoms with Crippen LogP contribution in [0.1, 0.15) is 61.5 Å². The molecule has 0 spiro atoms. The number of fused-ring (bicyclic) bond motifs is 6. The molecule has 1 saturated carbocycles. The van der Waals surface area contributed by atoms with E-state index < -0.39 is 23.1 Å². The zero-order chi connectivity index (χ0) is 32.1. The zero-order valence-electron chi connectivity index (χ0n) is 24.8. The number of hydrogen-bond donors (Lipinski definition) is 2. The van der Waals surface area contributed by atoms with Crippen LogP contribution in [0, 0.1) is 28.5 Å². The maximum absolute atomic E-state index is 16.2. The Balaban J connectivity index is 1.68. The van der Waals surface area contributed by atoms with E-state index in [0.29, 0.717) is 44.3 Å². The molecule has 10 heteroatoms. The minimum Gasteiger partial charge on any atom is -0.495 e. The van der Waals surface area contributed by atoms with Gasteiger partial charge >= 0.3 is 0 Å². The number of amides is 2. The number of ether oxygens (including phenoxy) is 1. The highest BCUT2D eigenvalue weighted by atomic mass is 127. The number of nitrogens with zero attached hydrogens (tertiary/aromatic N) is 1. The number of benzene rings is 3. The molecule has 3 aromatic rings. The summed E-state index contributed by atoms with van der Waals surface area (Å²) in [7, 11) is 1.46. The molecule has 44 heavy (non-hydrogen) atoms. The van der Waals surface area contributed by atoms with Gasteiger partial charge in [-0.15, -0.1) is 0 Å². The fraction of sp³-hybridized carbons (Fsp3) is 0.324. The van der Waals surface area contributed by atoms with Crippen molar-refractivity contribution in [1.29, 1.82) is 5.26 Å². The van der Waals surface area contributed by atoms with Crippen molar-refractivity contribution >= 4 is 63.3 Å². The highest BCUT2D eigenvalue weighted by Crippen LogP contribution is 2.65. The van der Waals surface area contributed by atoms with Crippen molar-refractivity contribution in [3.63, 3.8) is 0 Å². The number of nitriles is 1. The average Bonchev–Trinajstić information content (AvgIpc) is 3.28. The second-order valence-electron chi connectivity index (χ2n) is 12.2. The summed E-state index contributed by atoms with van der Waals surface area (Å²) in [5.74, 6) is -2.59. The third kappa shape index (κ3) is 5.48. The van der Waals surface area contributed by atoms with Gasteiger partial charge in [0.2, 0.25) is 5.91 Å². The lowest BCUT2D eigenvalue weighted by molar-refractivity contribution is -0.120. The molecule has 0 saturated heterocycles. The van der Waals surface area contributed by atoms with Crippen molar-refractivity contribution in [2.75, 3.05) is 12.4 Å². The molecule has 2 aliphatic carbocycles. The Morgan fingerprint density at radius 2 is 1.91 bits per heavy atom. The first-order valence-electron chi connectivity index (χ1n) is 14.1. The first kappa shape index (κ1) is 32.3. The molecule has 0 heterocycles. The van der Waals surface area contributed by atoms with Gasteiger partial charge in [-0.3, -0.25) is 9.59 Å². The summed E-state index contributed by atoms with van der Waals surface area (Å²) < 4.78 is 21.7. The first-order valence-corrected chi connectivity index (χ1v) is 16.1. The first-order chi connectivity index (χ1) is 20.7. The number of methoxy groups -OCH3 is 1. The van der Waals surface area contributed by atoms with E-state index in [-0.39, 0.29) is 38.3 Å². The van der Waals surface area contributed by atoms with Crippen molar-refractivity contribution in [1.82, 2.24) is 5.32 Å². The molecule has 2 N–H and O–H groups in total. The summed E-state index contributed by atoms with van der Waals surface area (Å²) in [4.78, 5) is 26.9. The molecule has 5 rings (SSSR count). The number of rotatable bonds is 5. The molecule has 1 fully saturated rings. The number of alkyl halides is 1. The molecule has 0 radical (unpaired) electrons. The molecule has 2 amide bonds. The maximum atomic E-state index is 16.2. The van der Waals surface area contributed by atoms with Gasteiger partial charge in [0.05, 0.1) is 33.9 Å². The zero-order valence-corrected chi connectivity index (χ0v) is 28.5. The third-order valence-corrected chi connectivity index (χ3v) is 9.04. The fourth-order valence-electron chi connectivity index (χ4n) is 6.57. The van der Waals surface area contributed by atoms with Crippen molar-refractivity contribution < 1.29 is 18.7 Å². The lowest BCUT2D eigenvalue weighted by atomic mass is 9.60. The summed E-state index contributed by atoms with van der Waals surface area (Å²) >= 11 is 15.2. The van der Waals surface area contributed by atoms with E-state index in [4.69, 9.17) is 27.9 Å². The van der Waals surface area contributed by atoms with E-state index in [0.717, 1.165) is 0 Å². The van der Waals surface area contributed by atoms with Crippen LogP contribution in [0.2, 0.25) is 10.0 Å². The Labute approximate surface area is 280 Å². The van der Waals surface area contributed by atoms with Gasteiger partial charge < -0.3 is 15.4 Å². The van der Waals surface area contributed by atoms with E-state index in [1.165, 1.54) is 13.2 Å². The summed E-state index contributed by atoms with van der Waals surface area (Å²) in [6, 6.07) is 15.8. The molecule has 228 valence electrons. The predicted molar refractivity (Wildman–Crippen MR) is 180 cm³/mol. The quantitative estimate of drug-likeness (QED) is 0.118. The molecule has 0 aromatic heterocycles. The second kappa shape index (κ2) is 12.0. The largest absolute Gasteiger partial charge is 0.495 e. The van der Waals surface area contributed by atoms with E-state index >= 15 is 4.39 Å². The van der Waals surface area contributed by atoms with Crippen LogP contribution in [0.25, 0.3) is 11.1 Å². The van der Waals surface area contributed by atoms with Gasteiger partial charge in [0.1, 0.15) is 17.0 Å². The topological polar surface area (TPSA) is 91.2 Å². The Kier molecular flexibility index (Phi) is 8.80. The van der Waals surface area contributed by atoms with Crippen LogP contribution in [0.5, 0.6) is 5.75 Å². The van der Waals surface area contributed by atoms with Crippen molar-refractivity contribution in [3.05, 3.63) is 92.7 Å². The van der Waals surface area contributed by atoms with Gasteiger partial charge in [0.25, 0.3) is 5.91 Å².